The number of nitrogens with zero attached hydrogens (tertiary/aromatic N) is 1. The number of halogens is 5. The molecule has 0 radical (unpaired) electrons. The third-order valence-corrected chi connectivity index (χ3v) is 5.15. The zero-order chi connectivity index (χ0) is 16.6. The second kappa shape index (κ2) is 6.88. The normalized spacial score (nSPS) is 10.8. The molecule has 23 heavy (non-hydrogen) atoms. The Bertz CT molecular complexity index is 892. The van der Waals surface area contributed by atoms with Gasteiger partial charge in [-0.2, -0.15) is 0 Å². The average molecular weight is 404 g/mol. The average Bonchev–Trinajstić information content (AvgIpc) is 2.53. The van der Waals surface area contributed by atoms with E-state index in [0.29, 0.717) is 36.4 Å². The van der Waals surface area contributed by atoms with Crippen LogP contribution in [0, 0.1) is 0 Å². The predicted molar refractivity (Wildman–Crippen MR) is 100 cm³/mol. The van der Waals surface area contributed by atoms with Crippen molar-refractivity contribution in [2.75, 3.05) is 0 Å². The Morgan fingerprint density at radius 1 is 0.652 bits per heavy atom. The standard InChI is InChI=1S/C17H8Cl5N/c18-9-7-12(10-3-1-5-13(19)15(10)21)17(23-8-9)11-4-2-6-14(20)16(11)22/h1-8H. The zero-order valence-corrected chi connectivity index (χ0v) is 15.2. The van der Waals surface area contributed by atoms with Gasteiger partial charge >= 0.3 is 0 Å². The molecule has 0 spiro atoms. The van der Waals surface area contributed by atoms with Gasteiger partial charge in [-0.15, -0.1) is 0 Å². The molecule has 3 rings (SSSR count). The lowest BCUT2D eigenvalue weighted by Gasteiger charge is -2.13. The summed E-state index contributed by atoms with van der Waals surface area (Å²) in [4.78, 5) is 4.42. The number of hydrogen-bond acceptors (Lipinski definition) is 1. The van der Waals surface area contributed by atoms with E-state index in [1.54, 1.807) is 24.4 Å². The summed E-state index contributed by atoms with van der Waals surface area (Å²) < 4.78 is 0. The maximum absolute atomic E-state index is 6.35. The van der Waals surface area contributed by atoms with Crippen LogP contribution in [0.2, 0.25) is 25.1 Å². The molecule has 0 saturated heterocycles. The lowest BCUT2D eigenvalue weighted by atomic mass is 9.99. The molecule has 0 aliphatic heterocycles. The minimum absolute atomic E-state index is 0.420. The van der Waals surface area contributed by atoms with Crippen LogP contribution in [-0.4, -0.2) is 4.98 Å². The molecule has 0 aliphatic carbocycles. The largest absolute Gasteiger partial charge is 0.254 e. The summed E-state index contributed by atoms with van der Waals surface area (Å²) in [6.45, 7) is 0. The first-order valence-corrected chi connectivity index (χ1v) is 8.42. The maximum Gasteiger partial charge on any atom is 0.0797 e. The van der Waals surface area contributed by atoms with Crippen LogP contribution in [0.1, 0.15) is 0 Å². The van der Waals surface area contributed by atoms with E-state index in [4.69, 9.17) is 58.0 Å². The first kappa shape index (κ1) is 16.9. The van der Waals surface area contributed by atoms with E-state index in [2.05, 4.69) is 4.98 Å². The monoisotopic (exact) mass is 401 g/mol. The molecule has 6 heteroatoms. The highest BCUT2D eigenvalue weighted by molar-refractivity contribution is 6.45. The second-order valence-electron chi connectivity index (χ2n) is 4.75. The van der Waals surface area contributed by atoms with Crippen molar-refractivity contribution in [2.45, 2.75) is 0 Å². The molecule has 1 nitrogen and oxygen atoms in total. The van der Waals surface area contributed by atoms with Crippen LogP contribution in [0.4, 0.5) is 0 Å². The van der Waals surface area contributed by atoms with Crippen LogP contribution < -0.4 is 0 Å². The van der Waals surface area contributed by atoms with Gasteiger partial charge in [-0.25, -0.2) is 0 Å². The van der Waals surface area contributed by atoms with Crippen molar-refractivity contribution in [1.29, 1.82) is 0 Å². The van der Waals surface area contributed by atoms with Crippen molar-refractivity contribution in [1.82, 2.24) is 4.98 Å². The van der Waals surface area contributed by atoms with Gasteiger partial charge in [0.1, 0.15) is 0 Å². The molecule has 0 bridgehead atoms. The van der Waals surface area contributed by atoms with E-state index in [1.165, 1.54) is 0 Å². The lowest BCUT2D eigenvalue weighted by Crippen LogP contribution is -1.92. The summed E-state index contributed by atoms with van der Waals surface area (Å²) in [5.74, 6) is 0. The van der Waals surface area contributed by atoms with Gasteiger partial charge < -0.3 is 0 Å². The Hall–Kier alpha value is -0.960. The number of hydrogen-bond donors (Lipinski definition) is 0. The van der Waals surface area contributed by atoms with Crippen LogP contribution in [0.25, 0.3) is 22.4 Å². The Labute approximate surface area is 158 Å². The Morgan fingerprint density at radius 3 is 1.87 bits per heavy atom. The number of rotatable bonds is 2. The van der Waals surface area contributed by atoms with Gasteiger partial charge in [0.05, 0.1) is 30.8 Å². The number of benzene rings is 2. The topological polar surface area (TPSA) is 12.9 Å². The van der Waals surface area contributed by atoms with E-state index in [0.717, 1.165) is 11.1 Å². The molecule has 0 N–H and O–H groups in total. The number of pyridine rings is 1. The quantitative estimate of drug-likeness (QED) is 0.427. The van der Waals surface area contributed by atoms with Crippen molar-refractivity contribution in [2.24, 2.45) is 0 Å². The highest BCUT2D eigenvalue weighted by Crippen LogP contribution is 2.41. The first-order chi connectivity index (χ1) is 11.0. The van der Waals surface area contributed by atoms with Gasteiger partial charge in [-0.1, -0.05) is 82.3 Å². The summed E-state index contributed by atoms with van der Waals surface area (Å²) >= 11 is 31.0. The second-order valence-corrected chi connectivity index (χ2v) is 6.76. The van der Waals surface area contributed by atoms with Gasteiger partial charge in [-0.05, 0) is 18.2 Å². The maximum atomic E-state index is 6.35. The molecular weight excluding hydrogens is 395 g/mol. The molecule has 0 unspecified atom stereocenters. The molecular formula is C17H8Cl5N. The van der Waals surface area contributed by atoms with Crippen molar-refractivity contribution < 1.29 is 0 Å². The minimum atomic E-state index is 0.420. The van der Waals surface area contributed by atoms with Crippen LogP contribution in [0.15, 0.2) is 48.7 Å². The fraction of sp³-hybridized carbons (Fsp3) is 0. The van der Waals surface area contributed by atoms with Crippen LogP contribution in [-0.2, 0) is 0 Å². The van der Waals surface area contributed by atoms with Crippen LogP contribution >= 0.6 is 58.0 Å². The molecule has 0 fully saturated rings. The van der Waals surface area contributed by atoms with Gasteiger partial charge in [0.25, 0.3) is 0 Å². The van der Waals surface area contributed by atoms with Gasteiger partial charge in [-0.3, -0.25) is 4.98 Å². The van der Waals surface area contributed by atoms with E-state index in [-0.39, 0.29) is 0 Å². The summed E-state index contributed by atoms with van der Waals surface area (Å²) in [5, 5.41) is 2.23. The predicted octanol–water partition coefficient (Wildman–Crippen LogP) is 7.68. The van der Waals surface area contributed by atoms with Crippen LogP contribution in [0.3, 0.4) is 0 Å². The summed E-state index contributed by atoms with van der Waals surface area (Å²) in [7, 11) is 0. The highest BCUT2D eigenvalue weighted by Gasteiger charge is 2.17. The van der Waals surface area contributed by atoms with Gasteiger partial charge in [0.15, 0.2) is 0 Å². The summed E-state index contributed by atoms with van der Waals surface area (Å²) in [6, 6.07) is 12.5. The zero-order valence-electron chi connectivity index (χ0n) is 11.5. The Balaban J connectivity index is 2.32. The van der Waals surface area contributed by atoms with Crippen molar-refractivity contribution in [3.05, 3.63) is 73.8 Å². The molecule has 0 atom stereocenters. The van der Waals surface area contributed by atoms with E-state index in [1.807, 2.05) is 24.3 Å². The third-order valence-electron chi connectivity index (χ3n) is 3.30. The fourth-order valence-electron chi connectivity index (χ4n) is 2.26. The van der Waals surface area contributed by atoms with Gasteiger partial charge in [0.2, 0.25) is 0 Å². The molecule has 1 aromatic heterocycles. The number of aromatic nitrogens is 1. The summed E-state index contributed by atoms with van der Waals surface area (Å²) in [6.07, 6.45) is 1.55. The Kier molecular flexibility index (Phi) is 5.05. The lowest BCUT2D eigenvalue weighted by molar-refractivity contribution is 1.32. The summed E-state index contributed by atoms with van der Waals surface area (Å²) in [5.41, 5.74) is 2.78. The van der Waals surface area contributed by atoms with Crippen LogP contribution in [0.5, 0.6) is 0 Å². The SMILES string of the molecule is Clc1cnc(-c2cccc(Cl)c2Cl)c(-c2cccc(Cl)c2Cl)c1. The van der Waals surface area contributed by atoms with Gasteiger partial charge in [0, 0.05) is 22.9 Å². The van der Waals surface area contributed by atoms with E-state index in [9.17, 15) is 0 Å². The Morgan fingerprint density at radius 2 is 1.22 bits per heavy atom. The third kappa shape index (κ3) is 3.31. The minimum Gasteiger partial charge on any atom is -0.254 e. The van der Waals surface area contributed by atoms with Crippen molar-refractivity contribution >= 4 is 58.0 Å². The van der Waals surface area contributed by atoms with Crippen molar-refractivity contribution in [3.8, 4) is 22.4 Å². The molecule has 1 heterocycles. The molecule has 0 aliphatic rings. The fourth-order valence-corrected chi connectivity index (χ4v) is 3.21. The molecule has 2 aromatic carbocycles. The molecule has 116 valence electrons. The molecule has 0 saturated carbocycles. The van der Waals surface area contributed by atoms with Crippen molar-refractivity contribution in [3.63, 3.8) is 0 Å². The first-order valence-electron chi connectivity index (χ1n) is 6.53. The highest BCUT2D eigenvalue weighted by atomic mass is 35.5. The molecule has 0 amide bonds. The van der Waals surface area contributed by atoms with E-state index >= 15 is 0 Å². The molecule has 3 aromatic rings. The smallest absolute Gasteiger partial charge is 0.0797 e. The van der Waals surface area contributed by atoms with E-state index < -0.39 is 0 Å².